The number of esters is 1. The number of rotatable bonds is 5. The number of hydrogen-bond acceptors (Lipinski definition) is 3. The highest BCUT2D eigenvalue weighted by Crippen LogP contribution is 1.99. The van der Waals surface area contributed by atoms with E-state index in [1.165, 1.54) is 0 Å². The van der Waals surface area contributed by atoms with Crippen LogP contribution in [0.25, 0.3) is 0 Å². The van der Waals surface area contributed by atoms with Gasteiger partial charge in [-0.15, -0.1) is 0 Å². The van der Waals surface area contributed by atoms with Gasteiger partial charge in [0.25, 0.3) is 0 Å². The van der Waals surface area contributed by atoms with Crippen molar-refractivity contribution in [3.63, 3.8) is 0 Å². The first kappa shape index (κ1) is 14.7. The van der Waals surface area contributed by atoms with Crippen molar-refractivity contribution in [2.75, 3.05) is 6.61 Å². The summed E-state index contributed by atoms with van der Waals surface area (Å²) in [7, 11) is 0. The minimum Gasteiger partial charge on any atom is -0.466 e. The van der Waals surface area contributed by atoms with Gasteiger partial charge < -0.3 is 9.53 Å². The lowest BCUT2D eigenvalue weighted by molar-refractivity contribution is -0.143. The van der Waals surface area contributed by atoms with E-state index in [2.05, 4.69) is 13.8 Å². The lowest BCUT2D eigenvalue weighted by atomic mass is 10.2. The van der Waals surface area contributed by atoms with E-state index >= 15 is 0 Å². The molecule has 0 unspecified atom stereocenters. The number of carbonyl (C=O) groups is 2. The molecule has 0 saturated carbocycles. The van der Waals surface area contributed by atoms with Crippen LogP contribution in [0.1, 0.15) is 39.5 Å². The molecule has 13 heavy (non-hydrogen) atoms. The fraction of sp³-hybridized carbons (Fsp3) is 0.700. The van der Waals surface area contributed by atoms with Gasteiger partial charge in [0.2, 0.25) is 0 Å². The Labute approximate surface area is 80.5 Å². The molecular formula is C10H19O3. The Hall–Kier alpha value is -0.860. The maximum absolute atomic E-state index is 10.7. The predicted octanol–water partition coefficient (Wildman–Crippen LogP) is 2.15. The molecule has 0 aliphatic carbocycles. The topological polar surface area (TPSA) is 43.4 Å². The molecule has 3 heteroatoms. The zero-order valence-electron chi connectivity index (χ0n) is 8.54. The minimum atomic E-state index is -0.0593. The molecule has 0 aliphatic rings. The SMILES string of the molecule is CCCCCC(=O)OCC.[CH2]C=O. The van der Waals surface area contributed by atoms with Gasteiger partial charge in [-0.25, -0.2) is 0 Å². The molecule has 0 aromatic rings. The Balaban J connectivity index is 0. The molecule has 0 atom stereocenters. The molecule has 0 aliphatic heterocycles. The Morgan fingerprint density at radius 3 is 2.31 bits per heavy atom. The van der Waals surface area contributed by atoms with E-state index in [-0.39, 0.29) is 5.97 Å². The van der Waals surface area contributed by atoms with E-state index in [9.17, 15) is 4.79 Å². The van der Waals surface area contributed by atoms with Crippen molar-refractivity contribution in [3.05, 3.63) is 6.92 Å². The van der Waals surface area contributed by atoms with Crippen molar-refractivity contribution >= 4 is 12.3 Å². The molecule has 0 aromatic heterocycles. The zero-order chi connectivity index (χ0) is 10.5. The predicted molar refractivity (Wildman–Crippen MR) is 52.2 cm³/mol. The van der Waals surface area contributed by atoms with Crippen LogP contribution in [0, 0.1) is 6.92 Å². The summed E-state index contributed by atoms with van der Waals surface area (Å²) in [5, 5.41) is 0. The fourth-order valence-corrected chi connectivity index (χ4v) is 0.752. The first-order valence-electron chi connectivity index (χ1n) is 4.61. The standard InChI is InChI=1S/C8H16O2.C2H3O/c1-3-5-6-7-8(9)10-4-2;1-2-3/h3-7H2,1-2H3;2H,1H2. The lowest BCUT2D eigenvalue weighted by Crippen LogP contribution is -2.02. The van der Waals surface area contributed by atoms with E-state index in [4.69, 9.17) is 9.53 Å². The summed E-state index contributed by atoms with van der Waals surface area (Å²) in [5.74, 6) is -0.0593. The Kier molecular flexibility index (Phi) is 15.5. The van der Waals surface area contributed by atoms with E-state index in [0.717, 1.165) is 19.3 Å². The minimum absolute atomic E-state index is 0.0593. The molecule has 0 saturated heterocycles. The van der Waals surface area contributed by atoms with Gasteiger partial charge in [-0.1, -0.05) is 19.8 Å². The third kappa shape index (κ3) is 18.3. The third-order valence-corrected chi connectivity index (χ3v) is 1.29. The van der Waals surface area contributed by atoms with Crippen LogP contribution in [0.3, 0.4) is 0 Å². The molecular weight excluding hydrogens is 168 g/mol. The second-order valence-electron chi connectivity index (χ2n) is 2.43. The van der Waals surface area contributed by atoms with Gasteiger partial charge in [0.1, 0.15) is 6.29 Å². The summed E-state index contributed by atoms with van der Waals surface area (Å²) < 4.78 is 4.75. The van der Waals surface area contributed by atoms with Crippen LogP contribution in [0.5, 0.6) is 0 Å². The van der Waals surface area contributed by atoms with Crippen LogP contribution < -0.4 is 0 Å². The van der Waals surface area contributed by atoms with Gasteiger partial charge in [0.15, 0.2) is 0 Å². The highest BCUT2D eigenvalue weighted by Gasteiger charge is 1.98. The van der Waals surface area contributed by atoms with Gasteiger partial charge in [-0.3, -0.25) is 4.79 Å². The van der Waals surface area contributed by atoms with E-state index < -0.39 is 0 Å². The van der Waals surface area contributed by atoms with Crippen molar-refractivity contribution in [1.82, 2.24) is 0 Å². The maximum Gasteiger partial charge on any atom is 0.305 e. The van der Waals surface area contributed by atoms with Gasteiger partial charge >= 0.3 is 5.97 Å². The first-order chi connectivity index (χ1) is 6.22. The Bertz CT molecular complexity index is 121. The second-order valence-corrected chi connectivity index (χ2v) is 2.43. The number of unbranched alkanes of at least 4 members (excludes halogenated alkanes) is 2. The molecule has 3 nitrogen and oxygen atoms in total. The van der Waals surface area contributed by atoms with Crippen LogP contribution in [-0.4, -0.2) is 18.9 Å². The van der Waals surface area contributed by atoms with Gasteiger partial charge in [0, 0.05) is 13.3 Å². The summed E-state index contributed by atoms with van der Waals surface area (Å²) in [6.07, 6.45) is 4.33. The molecule has 0 aromatic carbocycles. The van der Waals surface area contributed by atoms with Crippen LogP contribution in [0.4, 0.5) is 0 Å². The quantitative estimate of drug-likeness (QED) is 0.376. The normalized spacial score (nSPS) is 8.23. The summed E-state index contributed by atoms with van der Waals surface area (Å²) in [4.78, 5) is 19.4. The largest absolute Gasteiger partial charge is 0.466 e. The average Bonchev–Trinajstić information content (AvgIpc) is 2.07. The molecule has 0 heterocycles. The molecule has 0 spiro atoms. The summed E-state index contributed by atoms with van der Waals surface area (Å²) >= 11 is 0. The third-order valence-electron chi connectivity index (χ3n) is 1.29. The second kappa shape index (κ2) is 13.7. The van der Waals surface area contributed by atoms with Crippen LogP contribution in [0.15, 0.2) is 0 Å². The van der Waals surface area contributed by atoms with E-state index in [1.807, 2.05) is 6.92 Å². The molecule has 0 N–H and O–H groups in total. The summed E-state index contributed by atoms with van der Waals surface area (Å²) in [5.41, 5.74) is 0. The Morgan fingerprint density at radius 2 is 1.92 bits per heavy atom. The average molecular weight is 187 g/mol. The summed E-state index contributed by atoms with van der Waals surface area (Å²) in [6.45, 7) is 7.26. The van der Waals surface area contributed by atoms with Crippen molar-refractivity contribution < 1.29 is 14.3 Å². The number of hydrogen-bond donors (Lipinski definition) is 0. The van der Waals surface area contributed by atoms with E-state index in [0.29, 0.717) is 19.3 Å². The van der Waals surface area contributed by atoms with Crippen LogP contribution in [-0.2, 0) is 14.3 Å². The monoisotopic (exact) mass is 187 g/mol. The highest BCUT2D eigenvalue weighted by atomic mass is 16.5. The van der Waals surface area contributed by atoms with Crippen LogP contribution in [0.2, 0.25) is 0 Å². The fourth-order valence-electron chi connectivity index (χ4n) is 0.752. The van der Waals surface area contributed by atoms with Gasteiger partial charge in [-0.05, 0) is 13.3 Å². The van der Waals surface area contributed by atoms with Gasteiger partial charge in [0.05, 0.1) is 6.61 Å². The van der Waals surface area contributed by atoms with Crippen molar-refractivity contribution in [2.45, 2.75) is 39.5 Å². The van der Waals surface area contributed by atoms with Crippen LogP contribution >= 0.6 is 0 Å². The molecule has 0 rings (SSSR count). The molecule has 0 amide bonds. The van der Waals surface area contributed by atoms with Crippen molar-refractivity contribution in [1.29, 1.82) is 0 Å². The molecule has 0 bridgehead atoms. The number of aldehydes is 1. The van der Waals surface area contributed by atoms with Crippen molar-refractivity contribution in [2.24, 2.45) is 0 Å². The van der Waals surface area contributed by atoms with Gasteiger partial charge in [-0.2, -0.15) is 0 Å². The van der Waals surface area contributed by atoms with E-state index in [1.54, 1.807) is 0 Å². The summed E-state index contributed by atoms with van der Waals surface area (Å²) in [6, 6.07) is 0. The van der Waals surface area contributed by atoms with Crippen molar-refractivity contribution in [3.8, 4) is 0 Å². The molecule has 77 valence electrons. The Morgan fingerprint density at radius 1 is 1.38 bits per heavy atom. The highest BCUT2D eigenvalue weighted by molar-refractivity contribution is 5.69. The molecule has 1 radical (unpaired) electrons. The number of carbonyl (C=O) groups excluding carboxylic acids is 2. The molecule has 0 fully saturated rings. The first-order valence-corrected chi connectivity index (χ1v) is 4.61. The smallest absolute Gasteiger partial charge is 0.305 e. The lowest BCUT2D eigenvalue weighted by Gasteiger charge is -1.99. The number of ether oxygens (including phenoxy) is 1. The zero-order valence-corrected chi connectivity index (χ0v) is 8.54. The maximum atomic E-state index is 10.7.